The smallest absolute Gasteiger partial charge is 0.410 e. The van der Waals surface area contributed by atoms with Crippen molar-refractivity contribution in [3.05, 3.63) is 0 Å². The van der Waals surface area contributed by atoms with Crippen LogP contribution in [0.1, 0.15) is 86.0 Å². The molecule has 0 bridgehead atoms. The number of carbonyl (C=O) groups is 3. The molecule has 3 unspecified atom stereocenters. The summed E-state index contributed by atoms with van der Waals surface area (Å²) in [5.74, 6) is -0.0818. The molecule has 3 amide bonds. The summed E-state index contributed by atoms with van der Waals surface area (Å²) in [6.07, 6.45) is 5.84. The first-order chi connectivity index (χ1) is 15.3. The van der Waals surface area contributed by atoms with Crippen molar-refractivity contribution in [2.75, 3.05) is 6.54 Å². The van der Waals surface area contributed by atoms with Crippen LogP contribution in [0.5, 0.6) is 0 Å². The van der Waals surface area contributed by atoms with E-state index in [0.29, 0.717) is 31.2 Å². The van der Waals surface area contributed by atoms with Gasteiger partial charge in [-0.2, -0.15) is 0 Å². The number of aliphatic hydroxyl groups is 1. The SMILES string of the molecule is CC(C)(C)OC(=O)N1CC(C(C)(C)C2CCC2)C[C@H]1C(=O)NC(CC1CCC1)C(O)C(N)=O. The van der Waals surface area contributed by atoms with Gasteiger partial charge in [-0.3, -0.25) is 14.5 Å². The molecule has 3 fully saturated rings. The van der Waals surface area contributed by atoms with Crippen LogP contribution in [0.4, 0.5) is 4.79 Å². The lowest BCUT2D eigenvalue weighted by Crippen LogP contribution is -2.55. The number of ether oxygens (including phenoxy) is 1. The van der Waals surface area contributed by atoms with E-state index in [-0.39, 0.29) is 17.2 Å². The Hall–Kier alpha value is -1.83. The lowest BCUT2D eigenvalue weighted by atomic mass is 9.61. The first-order valence-corrected chi connectivity index (χ1v) is 12.6. The molecule has 8 nitrogen and oxygen atoms in total. The summed E-state index contributed by atoms with van der Waals surface area (Å²) in [7, 11) is 0. The predicted octanol–water partition coefficient (Wildman–Crippen LogP) is 2.96. The number of amides is 3. The van der Waals surface area contributed by atoms with Crippen molar-refractivity contribution in [2.24, 2.45) is 28.9 Å². The van der Waals surface area contributed by atoms with Gasteiger partial charge >= 0.3 is 6.09 Å². The average Bonchev–Trinajstić information content (AvgIpc) is 3.06. The highest BCUT2D eigenvalue weighted by Crippen LogP contribution is 2.50. The highest BCUT2D eigenvalue weighted by atomic mass is 16.6. The molecule has 8 heteroatoms. The number of rotatable bonds is 8. The van der Waals surface area contributed by atoms with Gasteiger partial charge in [0.1, 0.15) is 11.6 Å². The van der Waals surface area contributed by atoms with Crippen LogP contribution in [0, 0.1) is 23.2 Å². The standard InChI is InChI=1S/C25H43N3O5/c1-24(2,3)33-23(32)28-14-17(25(4,5)16-10-7-11-16)13-19(28)22(31)27-18(20(29)21(26)30)12-15-8-6-9-15/h15-20,29H,6-14H2,1-5H3,(H2,26,30)(H,27,31)/t17?,18?,19-,20?/m0/s1. The molecule has 0 spiro atoms. The van der Waals surface area contributed by atoms with E-state index in [1.54, 1.807) is 4.90 Å². The largest absolute Gasteiger partial charge is 0.444 e. The molecule has 4 atom stereocenters. The average molecular weight is 466 g/mol. The fourth-order valence-corrected chi connectivity index (χ4v) is 5.46. The van der Waals surface area contributed by atoms with Crippen molar-refractivity contribution in [1.29, 1.82) is 0 Å². The van der Waals surface area contributed by atoms with Gasteiger partial charge in [0.05, 0.1) is 6.04 Å². The van der Waals surface area contributed by atoms with Crippen LogP contribution in [0.25, 0.3) is 0 Å². The molecule has 1 aliphatic heterocycles. The molecule has 4 N–H and O–H groups in total. The molecule has 33 heavy (non-hydrogen) atoms. The Morgan fingerprint density at radius 3 is 2.12 bits per heavy atom. The third-order valence-electron chi connectivity index (χ3n) is 8.25. The highest BCUT2D eigenvalue weighted by molar-refractivity contribution is 5.87. The van der Waals surface area contributed by atoms with Gasteiger partial charge in [-0.1, -0.05) is 39.5 Å². The Balaban J connectivity index is 1.77. The van der Waals surface area contributed by atoms with E-state index in [4.69, 9.17) is 10.5 Å². The second-order valence-corrected chi connectivity index (χ2v) is 12.0. The molecule has 0 aromatic carbocycles. The highest BCUT2D eigenvalue weighted by Gasteiger charge is 2.50. The number of hydrogen-bond acceptors (Lipinski definition) is 5. The number of aliphatic hydroxyl groups excluding tert-OH is 1. The van der Waals surface area contributed by atoms with Crippen molar-refractivity contribution in [1.82, 2.24) is 10.2 Å². The molecule has 0 aromatic heterocycles. The van der Waals surface area contributed by atoms with Crippen LogP contribution < -0.4 is 11.1 Å². The minimum Gasteiger partial charge on any atom is -0.444 e. The zero-order chi connectivity index (χ0) is 24.6. The van der Waals surface area contributed by atoms with Crippen LogP contribution in [-0.2, 0) is 14.3 Å². The van der Waals surface area contributed by atoms with Crippen LogP contribution in [0.2, 0.25) is 0 Å². The summed E-state index contributed by atoms with van der Waals surface area (Å²) >= 11 is 0. The third kappa shape index (κ3) is 6.00. The van der Waals surface area contributed by atoms with Crippen molar-refractivity contribution >= 4 is 17.9 Å². The second-order valence-electron chi connectivity index (χ2n) is 12.0. The molecule has 1 saturated heterocycles. The van der Waals surface area contributed by atoms with Gasteiger partial charge in [-0.05, 0) is 69.6 Å². The molecule has 0 radical (unpaired) electrons. The van der Waals surface area contributed by atoms with Crippen LogP contribution in [-0.4, -0.2) is 58.2 Å². The van der Waals surface area contributed by atoms with E-state index in [2.05, 4.69) is 19.2 Å². The van der Waals surface area contributed by atoms with E-state index in [0.717, 1.165) is 19.3 Å². The topological polar surface area (TPSA) is 122 Å². The van der Waals surface area contributed by atoms with Gasteiger partial charge < -0.3 is 20.9 Å². The predicted molar refractivity (Wildman–Crippen MR) is 125 cm³/mol. The summed E-state index contributed by atoms with van der Waals surface area (Å²) in [5.41, 5.74) is 4.69. The lowest BCUT2D eigenvalue weighted by molar-refractivity contribution is -0.131. The van der Waals surface area contributed by atoms with Gasteiger partial charge in [-0.15, -0.1) is 0 Å². The molecule has 3 aliphatic rings. The lowest BCUT2D eigenvalue weighted by Gasteiger charge is -2.44. The number of primary amides is 1. The number of likely N-dealkylation sites (tertiary alicyclic amines) is 1. The summed E-state index contributed by atoms with van der Waals surface area (Å²) in [6.45, 7) is 10.4. The molecule has 2 aliphatic carbocycles. The molecular weight excluding hydrogens is 422 g/mol. The first-order valence-electron chi connectivity index (χ1n) is 12.6. The van der Waals surface area contributed by atoms with Crippen LogP contribution in [0.15, 0.2) is 0 Å². The maximum atomic E-state index is 13.5. The van der Waals surface area contributed by atoms with Crippen LogP contribution >= 0.6 is 0 Å². The van der Waals surface area contributed by atoms with Crippen molar-refractivity contribution < 1.29 is 24.2 Å². The van der Waals surface area contributed by atoms with E-state index in [1.807, 2.05) is 20.8 Å². The van der Waals surface area contributed by atoms with Crippen molar-refractivity contribution in [2.45, 2.75) is 110 Å². The minimum atomic E-state index is -1.45. The number of hydrogen-bond donors (Lipinski definition) is 3. The third-order valence-corrected chi connectivity index (χ3v) is 8.25. The Labute approximate surface area is 198 Å². The first kappa shape index (κ1) is 25.8. The summed E-state index contributed by atoms with van der Waals surface area (Å²) in [4.78, 5) is 39.8. The van der Waals surface area contributed by atoms with Gasteiger partial charge in [0.2, 0.25) is 11.8 Å². The fourth-order valence-electron chi connectivity index (χ4n) is 5.46. The van der Waals surface area contributed by atoms with Gasteiger partial charge in [0.15, 0.2) is 6.10 Å². The summed E-state index contributed by atoms with van der Waals surface area (Å²) in [5, 5.41) is 13.3. The minimum absolute atomic E-state index is 0.00557. The van der Waals surface area contributed by atoms with E-state index in [1.165, 1.54) is 19.3 Å². The Morgan fingerprint density at radius 2 is 1.67 bits per heavy atom. The fraction of sp³-hybridized carbons (Fsp3) is 0.880. The number of nitrogens with zero attached hydrogens (tertiary/aromatic N) is 1. The van der Waals surface area contributed by atoms with Gasteiger partial charge in [0, 0.05) is 6.54 Å². The molecule has 188 valence electrons. The van der Waals surface area contributed by atoms with Crippen LogP contribution in [0.3, 0.4) is 0 Å². The molecule has 1 heterocycles. The van der Waals surface area contributed by atoms with E-state index in [9.17, 15) is 19.5 Å². The summed E-state index contributed by atoms with van der Waals surface area (Å²) in [6, 6.07) is -1.45. The quantitative estimate of drug-likeness (QED) is 0.509. The number of nitrogens with one attached hydrogen (secondary N) is 1. The monoisotopic (exact) mass is 465 g/mol. The number of carbonyl (C=O) groups excluding carboxylic acids is 3. The zero-order valence-electron chi connectivity index (χ0n) is 20.9. The molecule has 3 rings (SSSR count). The van der Waals surface area contributed by atoms with Gasteiger partial charge in [-0.25, -0.2) is 4.79 Å². The molecular formula is C25H43N3O5. The number of nitrogens with two attached hydrogens (primary N) is 1. The molecule has 2 saturated carbocycles. The van der Waals surface area contributed by atoms with Crippen molar-refractivity contribution in [3.63, 3.8) is 0 Å². The second kappa shape index (κ2) is 9.80. The Bertz CT molecular complexity index is 739. The summed E-state index contributed by atoms with van der Waals surface area (Å²) < 4.78 is 5.63. The Morgan fingerprint density at radius 1 is 1.06 bits per heavy atom. The Kier molecular flexibility index (Phi) is 7.66. The molecule has 0 aromatic rings. The van der Waals surface area contributed by atoms with E-state index < -0.39 is 35.8 Å². The maximum absolute atomic E-state index is 13.5. The normalized spacial score (nSPS) is 26.2. The van der Waals surface area contributed by atoms with E-state index >= 15 is 0 Å². The zero-order valence-corrected chi connectivity index (χ0v) is 20.9. The maximum Gasteiger partial charge on any atom is 0.410 e. The van der Waals surface area contributed by atoms with Gasteiger partial charge in [0.25, 0.3) is 0 Å². The van der Waals surface area contributed by atoms with Crippen molar-refractivity contribution in [3.8, 4) is 0 Å².